The third-order valence-corrected chi connectivity index (χ3v) is 5.82. The van der Waals surface area contributed by atoms with E-state index < -0.39 is 0 Å². The average molecular weight is 505 g/mol. The summed E-state index contributed by atoms with van der Waals surface area (Å²) in [5.41, 5.74) is 3.69. The van der Waals surface area contributed by atoms with Gasteiger partial charge in [0.25, 0.3) is 0 Å². The fourth-order valence-electron chi connectivity index (χ4n) is 3.79. The second-order valence-corrected chi connectivity index (χ2v) is 7.79. The number of piperazine rings is 1. The minimum atomic E-state index is 0. The van der Waals surface area contributed by atoms with Crippen LogP contribution in [0.4, 0.5) is 0 Å². The topological polar surface area (TPSA) is 60.7 Å². The van der Waals surface area contributed by atoms with Crippen LogP contribution in [0, 0.1) is 13.8 Å². The fraction of sp³-hybridized carbons (Fsp3) is 0.800. The molecule has 2 rings (SSSR count). The number of hydrogen-bond donors (Lipinski definition) is 2. The molecule has 0 aromatic carbocycles. The zero-order valence-corrected chi connectivity index (χ0v) is 21.1. The number of guanidine groups is 1. The number of likely N-dealkylation sites (N-methyl/N-ethyl adjacent to an activating group) is 1. The van der Waals surface area contributed by atoms with Crippen molar-refractivity contribution in [1.82, 2.24) is 30.2 Å². The van der Waals surface area contributed by atoms with Crippen molar-refractivity contribution in [3.63, 3.8) is 0 Å². The van der Waals surface area contributed by atoms with Crippen molar-refractivity contribution < 1.29 is 0 Å². The zero-order valence-electron chi connectivity index (χ0n) is 18.7. The summed E-state index contributed by atoms with van der Waals surface area (Å²) in [4.78, 5) is 9.49. The monoisotopic (exact) mass is 505 g/mol. The Labute approximate surface area is 188 Å². The molecule has 0 saturated carbocycles. The molecule has 2 N–H and O–H groups in total. The summed E-state index contributed by atoms with van der Waals surface area (Å²) < 4.78 is 1.96. The van der Waals surface area contributed by atoms with Gasteiger partial charge in [-0.1, -0.05) is 6.92 Å². The molecule has 1 aromatic heterocycles. The van der Waals surface area contributed by atoms with Gasteiger partial charge in [-0.25, -0.2) is 0 Å². The van der Waals surface area contributed by atoms with Crippen molar-refractivity contribution in [1.29, 1.82) is 0 Å². The highest BCUT2D eigenvalue weighted by molar-refractivity contribution is 14.0. The smallest absolute Gasteiger partial charge is 0.191 e. The predicted molar refractivity (Wildman–Crippen MR) is 129 cm³/mol. The number of halogens is 1. The molecule has 1 aromatic rings. The molecule has 2 atom stereocenters. The number of aryl methyl sites for hydroxylation is 2. The van der Waals surface area contributed by atoms with Crippen LogP contribution in [0.25, 0.3) is 0 Å². The summed E-state index contributed by atoms with van der Waals surface area (Å²) in [6.45, 7) is 17.7. The Balaban J connectivity index is 0.00000392. The van der Waals surface area contributed by atoms with E-state index in [4.69, 9.17) is 0 Å². The average Bonchev–Trinajstić information content (AvgIpc) is 2.90. The third-order valence-electron chi connectivity index (χ3n) is 5.82. The Kier molecular flexibility index (Phi) is 10.8. The van der Waals surface area contributed by atoms with Gasteiger partial charge in [0.15, 0.2) is 5.96 Å². The van der Waals surface area contributed by atoms with Gasteiger partial charge in [0.2, 0.25) is 0 Å². The first-order chi connectivity index (χ1) is 12.8. The fourth-order valence-corrected chi connectivity index (χ4v) is 3.79. The van der Waals surface area contributed by atoms with Crippen molar-refractivity contribution >= 4 is 29.9 Å². The molecule has 1 aliphatic rings. The highest BCUT2D eigenvalue weighted by Crippen LogP contribution is 2.14. The Hall–Kier alpha value is -0.870. The van der Waals surface area contributed by atoms with E-state index >= 15 is 0 Å². The predicted octanol–water partition coefficient (Wildman–Crippen LogP) is 1.78. The van der Waals surface area contributed by atoms with Crippen molar-refractivity contribution in [2.45, 2.75) is 53.1 Å². The van der Waals surface area contributed by atoms with Gasteiger partial charge in [0, 0.05) is 64.6 Å². The van der Waals surface area contributed by atoms with Crippen LogP contribution < -0.4 is 10.6 Å². The van der Waals surface area contributed by atoms with Crippen LogP contribution in [0.1, 0.15) is 37.7 Å². The molecule has 1 aliphatic heterocycles. The minimum Gasteiger partial charge on any atom is -0.355 e. The zero-order chi connectivity index (χ0) is 20.0. The van der Waals surface area contributed by atoms with E-state index in [1.165, 1.54) is 24.3 Å². The summed E-state index contributed by atoms with van der Waals surface area (Å²) in [6, 6.07) is 0.793. The largest absolute Gasteiger partial charge is 0.355 e. The second kappa shape index (κ2) is 12.0. The number of hydrogen-bond acceptors (Lipinski definition) is 4. The van der Waals surface area contributed by atoms with Crippen LogP contribution in [0.15, 0.2) is 4.99 Å². The molecular formula is C20H40IN7. The van der Waals surface area contributed by atoms with Gasteiger partial charge < -0.3 is 15.5 Å². The van der Waals surface area contributed by atoms with Gasteiger partial charge in [-0.15, -0.1) is 24.0 Å². The first-order valence-electron chi connectivity index (χ1n) is 10.3. The van der Waals surface area contributed by atoms with Crippen LogP contribution >= 0.6 is 24.0 Å². The maximum Gasteiger partial charge on any atom is 0.191 e. The molecule has 8 heteroatoms. The van der Waals surface area contributed by atoms with E-state index in [0.29, 0.717) is 12.1 Å². The maximum absolute atomic E-state index is 4.52. The van der Waals surface area contributed by atoms with Crippen LogP contribution in [-0.4, -0.2) is 83.9 Å². The van der Waals surface area contributed by atoms with Crippen molar-refractivity contribution in [3.05, 3.63) is 17.0 Å². The molecule has 0 aliphatic carbocycles. The summed E-state index contributed by atoms with van der Waals surface area (Å²) in [6.07, 6.45) is 0.945. The third kappa shape index (κ3) is 6.88. The Bertz CT molecular complexity index is 620. The van der Waals surface area contributed by atoms with Gasteiger partial charge in [0.1, 0.15) is 0 Å². The molecule has 162 valence electrons. The van der Waals surface area contributed by atoms with E-state index in [2.05, 4.69) is 65.1 Å². The van der Waals surface area contributed by atoms with Crippen molar-refractivity contribution in [2.24, 2.45) is 12.0 Å². The number of aliphatic imine (C=N–C) groups is 1. The molecule has 7 nitrogen and oxygen atoms in total. The second-order valence-electron chi connectivity index (χ2n) is 7.79. The molecule has 1 fully saturated rings. The molecule has 28 heavy (non-hydrogen) atoms. The molecule has 2 heterocycles. The number of aromatic nitrogens is 2. The van der Waals surface area contributed by atoms with Crippen LogP contribution in [0.3, 0.4) is 0 Å². The molecule has 0 radical (unpaired) electrons. The summed E-state index contributed by atoms with van der Waals surface area (Å²) in [5, 5.41) is 11.6. The van der Waals surface area contributed by atoms with Crippen LogP contribution in [-0.2, 0) is 13.5 Å². The lowest BCUT2D eigenvalue weighted by Crippen LogP contribution is -2.53. The standard InChI is InChI=1S/C20H39N7.HI/c1-8-26-9-11-27(12-10-26)16(3)14-22-20(21-6)23-15(2)13-19-17(4)24-25(7)18(19)5;/h15-16H,8-14H2,1-7H3,(H2,21,22,23);1H. The lowest BCUT2D eigenvalue weighted by atomic mass is 10.1. The van der Waals surface area contributed by atoms with E-state index in [1.54, 1.807) is 0 Å². The van der Waals surface area contributed by atoms with Crippen molar-refractivity contribution in [2.75, 3.05) is 46.3 Å². The van der Waals surface area contributed by atoms with E-state index in [-0.39, 0.29) is 24.0 Å². The first-order valence-corrected chi connectivity index (χ1v) is 10.3. The van der Waals surface area contributed by atoms with Gasteiger partial charge in [-0.2, -0.15) is 5.10 Å². The van der Waals surface area contributed by atoms with Crippen LogP contribution in [0.2, 0.25) is 0 Å². The summed E-state index contributed by atoms with van der Waals surface area (Å²) in [7, 11) is 3.85. The lowest BCUT2D eigenvalue weighted by Gasteiger charge is -2.37. The van der Waals surface area contributed by atoms with Crippen molar-refractivity contribution in [3.8, 4) is 0 Å². The molecule has 0 amide bonds. The summed E-state index contributed by atoms with van der Waals surface area (Å²) >= 11 is 0. The molecule has 1 saturated heterocycles. The van der Waals surface area contributed by atoms with Gasteiger partial charge in [-0.05, 0) is 46.2 Å². The Morgan fingerprint density at radius 3 is 2.32 bits per heavy atom. The van der Waals surface area contributed by atoms with Gasteiger partial charge >= 0.3 is 0 Å². The van der Waals surface area contributed by atoms with Crippen LogP contribution in [0.5, 0.6) is 0 Å². The lowest BCUT2D eigenvalue weighted by molar-refractivity contribution is 0.107. The highest BCUT2D eigenvalue weighted by atomic mass is 127. The molecule has 2 unspecified atom stereocenters. The van der Waals surface area contributed by atoms with Gasteiger partial charge in [0.05, 0.1) is 5.69 Å². The first kappa shape index (κ1) is 25.2. The maximum atomic E-state index is 4.52. The highest BCUT2D eigenvalue weighted by Gasteiger charge is 2.20. The number of rotatable bonds is 7. The number of nitrogens with zero attached hydrogens (tertiary/aromatic N) is 5. The molecule has 0 spiro atoms. The van der Waals surface area contributed by atoms with E-state index in [0.717, 1.165) is 44.3 Å². The summed E-state index contributed by atoms with van der Waals surface area (Å²) in [5.74, 6) is 0.876. The Morgan fingerprint density at radius 2 is 1.82 bits per heavy atom. The van der Waals surface area contributed by atoms with E-state index in [9.17, 15) is 0 Å². The normalized spacial score (nSPS) is 18.5. The van der Waals surface area contributed by atoms with E-state index in [1.807, 2.05) is 18.8 Å². The minimum absolute atomic E-state index is 0. The molecular weight excluding hydrogens is 465 g/mol. The van der Waals surface area contributed by atoms with Gasteiger partial charge in [-0.3, -0.25) is 14.6 Å². The SMILES string of the molecule is CCN1CCN(C(C)CNC(=NC)NC(C)Cc2c(C)nn(C)c2C)CC1.I. The quantitative estimate of drug-likeness (QED) is 0.336. The Morgan fingerprint density at radius 1 is 1.18 bits per heavy atom. The number of nitrogens with one attached hydrogen (secondary N) is 2. The molecule has 0 bridgehead atoms.